The second-order valence-electron chi connectivity index (χ2n) is 2.91. The molecule has 1 rings (SSSR count). The average Bonchev–Trinajstić information content (AvgIpc) is 2.16. The Hall–Kier alpha value is -1.83. The van der Waals surface area contributed by atoms with Crippen molar-refractivity contribution in [1.29, 1.82) is 5.26 Å². The molecule has 74 valence electrons. The van der Waals surface area contributed by atoms with E-state index >= 15 is 0 Å². The number of aryl methyl sites for hydroxylation is 1. The lowest BCUT2D eigenvalue weighted by Crippen LogP contribution is -2.18. The number of hydrogen-bond donors (Lipinski definition) is 1. The number of aromatic nitrogens is 2. The Bertz CT molecular complexity index is 355. The summed E-state index contributed by atoms with van der Waals surface area (Å²) in [6.07, 6.45) is 1.84. The van der Waals surface area contributed by atoms with Gasteiger partial charge in [0, 0.05) is 19.7 Å². The fraction of sp³-hybridized carbons (Fsp3) is 0.444. The van der Waals surface area contributed by atoms with Crippen LogP contribution in [-0.4, -0.2) is 23.6 Å². The van der Waals surface area contributed by atoms with Crippen LogP contribution in [0.1, 0.15) is 12.7 Å². The fourth-order valence-electron chi connectivity index (χ4n) is 1.03. The molecule has 0 amide bonds. The molecule has 5 nitrogen and oxygen atoms in total. The molecule has 0 fully saturated rings. The summed E-state index contributed by atoms with van der Waals surface area (Å²) in [4.78, 5) is 10.3. The van der Waals surface area contributed by atoms with E-state index in [-0.39, 0.29) is 0 Å². The number of anilines is 2. The van der Waals surface area contributed by atoms with Crippen molar-refractivity contribution in [2.45, 2.75) is 13.8 Å². The Labute approximate surface area is 83.4 Å². The Morgan fingerprint density at radius 2 is 2.29 bits per heavy atom. The summed E-state index contributed by atoms with van der Waals surface area (Å²) < 4.78 is 0. The van der Waals surface area contributed by atoms with E-state index in [1.54, 1.807) is 13.0 Å². The molecule has 1 aromatic rings. The van der Waals surface area contributed by atoms with Crippen LogP contribution in [0.15, 0.2) is 6.07 Å². The van der Waals surface area contributed by atoms with Crippen LogP contribution in [0, 0.1) is 18.4 Å². The lowest BCUT2D eigenvalue weighted by molar-refractivity contribution is 0.914. The van der Waals surface area contributed by atoms with Gasteiger partial charge in [0.1, 0.15) is 17.5 Å². The molecule has 14 heavy (non-hydrogen) atoms. The molecular weight excluding hydrogens is 178 g/mol. The molecule has 0 aliphatic carbocycles. The third-order valence-electron chi connectivity index (χ3n) is 1.87. The van der Waals surface area contributed by atoms with Gasteiger partial charge in [-0.05, 0) is 13.8 Å². The van der Waals surface area contributed by atoms with Crippen molar-refractivity contribution in [1.82, 2.24) is 9.97 Å². The van der Waals surface area contributed by atoms with Gasteiger partial charge in [-0.1, -0.05) is 0 Å². The Kier molecular flexibility index (Phi) is 3.24. The van der Waals surface area contributed by atoms with Crippen molar-refractivity contribution in [3.63, 3.8) is 0 Å². The summed E-state index contributed by atoms with van der Waals surface area (Å²) in [7, 11) is 1.94. The Morgan fingerprint density at radius 3 is 2.86 bits per heavy atom. The van der Waals surface area contributed by atoms with Crippen LogP contribution in [0.3, 0.4) is 0 Å². The monoisotopic (exact) mass is 191 g/mol. The summed E-state index contributed by atoms with van der Waals surface area (Å²) in [5, 5.41) is 11.0. The molecule has 0 aliphatic heterocycles. The van der Waals surface area contributed by atoms with Crippen LogP contribution < -0.4 is 10.2 Å². The van der Waals surface area contributed by atoms with Crippen LogP contribution in [0.4, 0.5) is 11.6 Å². The average molecular weight is 191 g/mol. The van der Waals surface area contributed by atoms with Gasteiger partial charge in [0.25, 0.3) is 0 Å². The van der Waals surface area contributed by atoms with Crippen LogP contribution in [0.5, 0.6) is 0 Å². The van der Waals surface area contributed by atoms with E-state index in [4.69, 9.17) is 5.26 Å². The lowest BCUT2D eigenvalue weighted by Gasteiger charge is -2.16. The maximum Gasteiger partial charge on any atom is 0.182 e. The Balaban J connectivity index is 3.01. The standard InChI is InChI=1S/C9H13N5/c1-4-14(3)9-5-8(11-6-10)12-7(2)13-9/h5H,4H2,1-3H3,(H,11,12,13). The van der Waals surface area contributed by atoms with Crippen molar-refractivity contribution in [3.8, 4) is 6.19 Å². The zero-order valence-corrected chi connectivity index (χ0v) is 8.57. The first-order valence-corrected chi connectivity index (χ1v) is 4.39. The molecule has 1 heterocycles. The van der Waals surface area contributed by atoms with E-state index < -0.39 is 0 Å². The highest BCUT2D eigenvalue weighted by Crippen LogP contribution is 2.13. The number of nitrogens with zero attached hydrogens (tertiary/aromatic N) is 4. The molecule has 0 saturated carbocycles. The summed E-state index contributed by atoms with van der Waals surface area (Å²) in [5.41, 5.74) is 0. The van der Waals surface area contributed by atoms with E-state index in [2.05, 4.69) is 15.3 Å². The Morgan fingerprint density at radius 1 is 1.57 bits per heavy atom. The van der Waals surface area contributed by atoms with Crippen molar-refractivity contribution < 1.29 is 0 Å². The van der Waals surface area contributed by atoms with Gasteiger partial charge >= 0.3 is 0 Å². The molecule has 5 heteroatoms. The normalized spacial score (nSPS) is 9.29. The molecule has 0 radical (unpaired) electrons. The van der Waals surface area contributed by atoms with Crippen LogP contribution in [0.25, 0.3) is 0 Å². The third-order valence-corrected chi connectivity index (χ3v) is 1.87. The van der Waals surface area contributed by atoms with Crippen LogP contribution in [-0.2, 0) is 0 Å². The largest absolute Gasteiger partial charge is 0.360 e. The van der Waals surface area contributed by atoms with Crippen molar-refractivity contribution in [2.24, 2.45) is 0 Å². The molecular formula is C9H13N5. The number of nitrogens with one attached hydrogen (secondary N) is 1. The van der Waals surface area contributed by atoms with Gasteiger partial charge in [0.05, 0.1) is 0 Å². The smallest absolute Gasteiger partial charge is 0.182 e. The number of rotatable bonds is 3. The molecule has 0 unspecified atom stereocenters. The second-order valence-corrected chi connectivity index (χ2v) is 2.91. The first kappa shape index (κ1) is 10.3. The topological polar surface area (TPSA) is 64.8 Å². The highest BCUT2D eigenvalue weighted by Gasteiger charge is 2.04. The highest BCUT2D eigenvalue weighted by atomic mass is 15.2. The van der Waals surface area contributed by atoms with Crippen molar-refractivity contribution in [3.05, 3.63) is 11.9 Å². The minimum Gasteiger partial charge on any atom is -0.360 e. The van der Waals surface area contributed by atoms with Crippen LogP contribution in [0.2, 0.25) is 0 Å². The first-order valence-electron chi connectivity index (χ1n) is 4.39. The molecule has 1 N–H and O–H groups in total. The predicted octanol–water partition coefficient (Wildman–Crippen LogP) is 1.13. The maximum atomic E-state index is 8.46. The maximum absolute atomic E-state index is 8.46. The van der Waals surface area contributed by atoms with Gasteiger partial charge in [0.15, 0.2) is 6.19 Å². The summed E-state index contributed by atoms with van der Waals surface area (Å²) in [6.45, 7) is 4.70. The van der Waals surface area contributed by atoms with Gasteiger partial charge in [-0.3, -0.25) is 5.32 Å². The van der Waals surface area contributed by atoms with Crippen LogP contribution >= 0.6 is 0 Å². The quantitative estimate of drug-likeness (QED) is 0.573. The summed E-state index contributed by atoms with van der Waals surface area (Å²) in [6, 6.07) is 1.75. The SMILES string of the molecule is CCN(C)c1cc(NC#N)nc(C)n1. The van der Waals surface area contributed by atoms with E-state index in [0.29, 0.717) is 11.6 Å². The molecule has 0 saturated heterocycles. The molecule has 0 aromatic carbocycles. The van der Waals surface area contributed by atoms with Gasteiger partial charge < -0.3 is 4.90 Å². The fourth-order valence-corrected chi connectivity index (χ4v) is 1.03. The van der Waals surface area contributed by atoms with Gasteiger partial charge in [-0.2, -0.15) is 5.26 Å². The number of hydrogen-bond acceptors (Lipinski definition) is 5. The minimum atomic E-state index is 0.537. The third kappa shape index (κ3) is 2.33. The summed E-state index contributed by atoms with van der Waals surface area (Å²) in [5.74, 6) is 2.01. The summed E-state index contributed by atoms with van der Waals surface area (Å²) >= 11 is 0. The first-order chi connectivity index (χ1) is 6.67. The number of nitriles is 1. The van der Waals surface area contributed by atoms with Gasteiger partial charge in [-0.15, -0.1) is 0 Å². The van der Waals surface area contributed by atoms with E-state index in [0.717, 1.165) is 12.4 Å². The van der Waals surface area contributed by atoms with Crippen molar-refractivity contribution >= 4 is 11.6 Å². The van der Waals surface area contributed by atoms with Gasteiger partial charge in [-0.25, -0.2) is 9.97 Å². The van der Waals surface area contributed by atoms with Crippen molar-refractivity contribution in [2.75, 3.05) is 23.8 Å². The molecule has 0 atom stereocenters. The van der Waals surface area contributed by atoms with Gasteiger partial charge in [0.2, 0.25) is 0 Å². The zero-order chi connectivity index (χ0) is 10.6. The van der Waals surface area contributed by atoms with E-state index in [1.165, 1.54) is 0 Å². The van der Waals surface area contributed by atoms with E-state index in [1.807, 2.05) is 25.1 Å². The highest BCUT2D eigenvalue weighted by molar-refractivity contribution is 5.50. The second kappa shape index (κ2) is 4.42. The lowest BCUT2D eigenvalue weighted by atomic mass is 10.4. The molecule has 0 aliphatic rings. The molecule has 0 bridgehead atoms. The zero-order valence-electron chi connectivity index (χ0n) is 8.57. The van der Waals surface area contributed by atoms with E-state index in [9.17, 15) is 0 Å². The molecule has 0 spiro atoms. The predicted molar refractivity (Wildman–Crippen MR) is 54.9 cm³/mol. The minimum absolute atomic E-state index is 0.537. The molecule has 1 aromatic heterocycles.